The van der Waals surface area contributed by atoms with Crippen LogP contribution in [0.2, 0.25) is 0 Å². The van der Waals surface area contributed by atoms with Gasteiger partial charge >= 0.3 is 0 Å². The molecule has 1 heterocycles. The van der Waals surface area contributed by atoms with E-state index in [1.807, 2.05) is 49.4 Å². The maximum absolute atomic E-state index is 5.82. The number of hydrogen-bond donors (Lipinski definition) is 1. The first-order chi connectivity index (χ1) is 10.3. The van der Waals surface area contributed by atoms with E-state index in [2.05, 4.69) is 10.5 Å². The molecular weight excluding hydrogens is 264 g/mol. The number of ether oxygens (including phenoxy) is 1. The Morgan fingerprint density at radius 1 is 1.38 bits per heavy atom. The van der Waals surface area contributed by atoms with E-state index in [4.69, 9.17) is 9.26 Å². The summed E-state index contributed by atoms with van der Waals surface area (Å²) in [6.45, 7) is 3.15. The number of para-hydroxylation sites is 1. The Morgan fingerprint density at radius 3 is 3.05 bits per heavy atom. The van der Waals surface area contributed by atoms with Gasteiger partial charge in [-0.1, -0.05) is 35.5 Å². The minimum Gasteiger partial charge on any atom is -0.485 e. The number of aromatic nitrogens is 1. The molecule has 0 radical (unpaired) electrons. The molecule has 21 heavy (non-hydrogen) atoms. The Bertz CT molecular complexity index is 615. The summed E-state index contributed by atoms with van der Waals surface area (Å²) in [5, 5.41) is 7.47. The highest BCUT2D eigenvalue weighted by atomic mass is 16.5. The smallest absolute Gasteiger partial charge is 0.174 e. The van der Waals surface area contributed by atoms with Gasteiger partial charge in [0.05, 0.1) is 5.69 Å². The van der Waals surface area contributed by atoms with Crippen molar-refractivity contribution in [3.05, 3.63) is 53.4 Å². The predicted octanol–water partition coefficient (Wildman–Crippen LogP) is 3.54. The van der Waals surface area contributed by atoms with Crippen LogP contribution in [0.5, 0.6) is 5.75 Å². The summed E-state index contributed by atoms with van der Waals surface area (Å²) in [5.41, 5.74) is 2.00. The zero-order chi connectivity index (χ0) is 14.5. The van der Waals surface area contributed by atoms with Crippen molar-refractivity contribution in [1.82, 2.24) is 10.5 Å². The van der Waals surface area contributed by atoms with E-state index < -0.39 is 0 Å². The van der Waals surface area contributed by atoms with Crippen LogP contribution in [0.25, 0.3) is 6.08 Å². The van der Waals surface area contributed by atoms with E-state index in [9.17, 15) is 0 Å². The van der Waals surface area contributed by atoms with E-state index in [0.717, 1.165) is 29.3 Å². The fraction of sp³-hybridized carbons (Fsp3) is 0.353. The van der Waals surface area contributed by atoms with Gasteiger partial charge in [0, 0.05) is 24.2 Å². The van der Waals surface area contributed by atoms with Gasteiger partial charge in [-0.05, 0) is 25.8 Å². The Balaban J connectivity index is 1.57. The van der Waals surface area contributed by atoms with Crippen LogP contribution in [0, 0.1) is 0 Å². The summed E-state index contributed by atoms with van der Waals surface area (Å²) >= 11 is 0. The average Bonchev–Trinajstić information content (AvgIpc) is 3.23. The summed E-state index contributed by atoms with van der Waals surface area (Å²) in [6, 6.07) is 10.6. The van der Waals surface area contributed by atoms with Crippen LogP contribution in [0.1, 0.15) is 36.8 Å². The molecule has 1 fully saturated rings. The van der Waals surface area contributed by atoms with Crippen LogP contribution in [-0.4, -0.2) is 11.2 Å². The molecule has 1 N–H and O–H groups in total. The zero-order valence-electron chi connectivity index (χ0n) is 12.2. The largest absolute Gasteiger partial charge is 0.485 e. The third-order valence-corrected chi connectivity index (χ3v) is 3.39. The fourth-order valence-electron chi connectivity index (χ4n) is 2.12. The van der Waals surface area contributed by atoms with Gasteiger partial charge in [0.2, 0.25) is 0 Å². The molecular formula is C17H20N2O2. The van der Waals surface area contributed by atoms with Crippen molar-refractivity contribution in [2.45, 2.75) is 39.0 Å². The molecule has 0 aliphatic heterocycles. The Kier molecular flexibility index (Phi) is 4.36. The first-order valence-corrected chi connectivity index (χ1v) is 7.37. The summed E-state index contributed by atoms with van der Waals surface area (Å²) < 4.78 is 11.1. The maximum atomic E-state index is 5.82. The van der Waals surface area contributed by atoms with Crippen molar-refractivity contribution >= 4 is 6.08 Å². The molecule has 2 aromatic rings. The number of allylic oxidation sites excluding steroid dienone is 1. The standard InChI is InChI=1S/C17H20N2O2/c1-2-5-13-6-3-4-7-17(13)20-12-16-10-15(19-21-16)11-18-14-8-9-14/h2-7,10,14,18H,8-9,11-12H2,1H3. The third-order valence-electron chi connectivity index (χ3n) is 3.39. The molecule has 1 aliphatic rings. The Hall–Kier alpha value is -2.07. The molecule has 110 valence electrons. The SMILES string of the molecule is CC=Cc1ccccc1OCc1cc(CNC2CC2)no1. The van der Waals surface area contributed by atoms with Gasteiger partial charge in [-0.15, -0.1) is 0 Å². The molecule has 0 amide bonds. The third kappa shape index (κ3) is 3.95. The second-order valence-corrected chi connectivity index (χ2v) is 5.27. The highest BCUT2D eigenvalue weighted by molar-refractivity contribution is 5.56. The molecule has 0 atom stereocenters. The van der Waals surface area contributed by atoms with Crippen LogP contribution < -0.4 is 10.1 Å². The van der Waals surface area contributed by atoms with E-state index in [1.54, 1.807) is 0 Å². The quantitative estimate of drug-likeness (QED) is 0.845. The van der Waals surface area contributed by atoms with Gasteiger partial charge in [0.1, 0.15) is 12.4 Å². The van der Waals surface area contributed by atoms with E-state index in [-0.39, 0.29) is 0 Å². The highest BCUT2D eigenvalue weighted by Crippen LogP contribution is 2.21. The monoisotopic (exact) mass is 284 g/mol. The summed E-state index contributed by atoms with van der Waals surface area (Å²) in [5.74, 6) is 1.60. The van der Waals surface area contributed by atoms with E-state index in [1.165, 1.54) is 12.8 Å². The minimum atomic E-state index is 0.394. The molecule has 4 nitrogen and oxygen atoms in total. The van der Waals surface area contributed by atoms with E-state index >= 15 is 0 Å². The molecule has 1 aliphatic carbocycles. The van der Waals surface area contributed by atoms with Gasteiger partial charge in [0.15, 0.2) is 5.76 Å². The van der Waals surface area contributed by atoms with Gasteiger partial charge in [-0.2, -0.15) is 0 Å². The number of benzene rings is 1. The lowest BCUT2D eigenvalue weighted by atomic mass is 10.2. The van der Waals surface area contributed by atoms with Gasteiger partial charge in [0.25, 0.3) is 0 Å². The van der Waals surface area contributed by atoms with Crippen molar-refractivity contribution in [3.8, 4) is 5.75 Å². The van der Waals surface area contributed by atoms with Crippen molar-refractivity contribution in [2.24, 2.45) is 0 Å². The minimum absolute atomic E-state index is 0.394. The molecule has 0 bridgehead atoms. The van der Waals surface area contributed by atoms with Crippen LogP contribution in [0.15, 0.2) is 40.9 Å². The van der Waals surface area contributed by atoms with Crippen molar-refractivity contribution < 1.29 is 9.26 Å². The summed E-state index contributed by atoms with van der Waals surface area (Å²) in [7, 11) is 0. The maximum Gasteiger partial charge on any atom is 0.174 e. The van der Waals surface area contributed by atoms with E-state index in [0.29, 0.717) is 12.6 Å². The van der Waals surface area contributed by atoms with Crippen molar-refractivity contribution in [2.75, 3.05) is 0 Å². The fourth-order valence-corrected chi connectivity index (χ4v) is 2.12. The molecule has 0 spiro atoms. The number of hydrogen-bond acceptors (Lipinski definition) is 4. The van der Waals surface area contributed by atoms with Gasteiger partial charge in [-0.3, -0.25) is 0 Å². The average molecular weight is 284 g/mol. The van der Waals surface area contributed by atoms with Crippen LogP contribution in [0.4, 0.5) is 0 Å². The molecule has 4 heteroatoms. The Morgan fingerprint density at radius 2 is 2.24 bits per heavy atom. The molecule has 3 rings (SSSR count). The molecule has 1 saturated carbocycles. The lowest BCUT2D eigenvalue weighted by Gasteiger charge is -2.06. The zero-order valence-corrected chi connectivity index (χ0v) is 12.2. The number of nitrogens with zero attached hydrogens (tertiary/aromatic N) is 1. The van der Waals surface area contributed by atoms with Crippen LogP contribution >= 0.6 is 0 Å². The first kappa shape index (κ1) is 13.9. The van der Waals surface area contributed by atoms with Gasteiger partial charge < -0.3 is 14.6 Å². The van der Waals surface area contributed by atoms with Crippen LogP contribution in [0.3, 0.4) is 0 Å². The molecule has 0 saturated heterocycles. The summed E-state index contributed by atoms with van der Waals surface area (Å²) in [6.07, 6.45) is 6.57. The molecule has 0 unspecified atom stereocenters. The predicted molar refractivity (Wildman–Crippen MR) is 81.8 cm³/mol. The molecule has 1 aromatic heterocycles. The van der Waals surface area contributed by atoms with Gasteiger partial charge in [-0.25, -0.2) is 0 Å². The van der Waals surface area contributed by atoms with Crippen molar-refractivity contribution in [1.29, 1.82) is 0 Å². The number of rotatable bonds is 7. The molecule has 1 aromatic carbocycles. The Labute approximate surface area is 124 Å². The summed E-state index contributed by atoms with van der Waals surface area (Å²) in [4.78, 5) is 0. The number of nitrogens with one attached hydrogen (secondary N) is 1. The normalized spacial score (nSPS) is 14.7. The first-order valence-electron chi connectivity index (χ1n) is 7.37. The topological polar surface area (TPSA) is 47.3 Å². The second-order valence-electron chi connectivity index (χ2n) is 5.27. The highest BCUT2D eigenvalue weighted by Gasteiger charge is 2.20. The van der Waals surface area contributed by atoms with Crippen LogP contribution in [-0.2, 0) is 13.2 Å². The second kappa shape index (κ2) is 6.59. The lowest BCUT2D eigenvalue weighted by Crippen LogP contribution is -2.15. The lowest BCUT2D eigenvalue weighted by molar-refractivity contribution is 0.248. The van der Waals surface area contributed by atoms with Crippen molar-refractivity contribution in [3.63, 3.8) is 0 Å².